The van der Waals surface area contributed by atoms with Crippen LogP contribution < -0.4 is 15.4 Å². The Morgan fingerprint density at radius 2 is 1.69 bits per heavy atom. The average molecular weight is 416 g/mol. The number of hydrogen-bond acceptors (Lipinski definition) is 3. The molecule has 8 heteroatoms. The normalized spacial score (nSPS) is 11.5. The fraction of sp³-hybridized carbons (Fsp3) is 0.222. The lowest BCUT2D eigenvalue weighted by atomic mass is 10.2. The number of amides is 2. The van der Waals surface area contributed by atoms with E-state index in [1.807, 2.05) is 30.3 Å². The van der Waals surface area contributed by atoms with Crippen molar-refractivity contribution in [2.75, 3.05) is 6.61 Å². The van der Waals surface area contributed by atoms with Crippen LogP contribution in [-0.2, 0) is 16.1 Å². The summed E-state index contributed by atoms with van der Waals surface area (Å²) in [6.45, 7) is 1.66. The lowest BCUT2D eigenvalue weighted by Crippen LogP contribution is -2.46. The maximum absolute atomic E-state index is 12.0. The van der Waals surface area contributed by atoms with Gasteiger partial charge in [-0.25, -0.2) is 0 Å². The Morgan fingerprint density at radius 1 is 1.04 bits per heavy atom. The molecule has 1 atom stereocenters. The summed E-state index contributed by atoms with van der Waals surface area (Å²) in [4.78, 5) is 24.0. The first kappa shape index (κ1) is 20.4. The molecule has 0 heterocycles. The SMILES string of the molecule is CC(NC(=O)COc1cc(Cl)c(Cl)cc1Cl)C(=O)NCc1ccccc1. The molecule has 26 heavy (non-hydrogen) atoms. The maximum Gasteiger partial charge on any atom is 0.258 e. The first-order valence-corrected chi connectivity index (χ1v) is 8.88. The van der Waals surface area contributed by atoms with Crippen molar-refractivity contribution < 1.29 is 14.3 Å². The van der Waals surface area contributed by atoms with Crippen LogP contribution in [0.3, 0.4) is 0 Å². The van der Waals surface area contributed by atoms with E-state index in [0.29, 0.717) is 6.54 Å². The summed E-state index contributed by atoms with van der Waals surface area (Å²) in [6.07, 6.45) is 0. The predicted octanol–water partition coefficient (Wildman–Crippen LogP) is 3.85. The molecule has 0 fully saturated rings. The monoisotopic (exact) mass is 414 g/mol. The predicted molar refractivity (Wildman–Crippen MR) is 103 cm³/mol. The molecule has 0 aromatic heterocycles. The van der Waals surface area contributed by atoms with E-state index in [4.69, 9.17) is 39.5 Å². The zero-order valence-electron chi connectivity index (χ0n) is 13.9. The fourth-order valence-corrected chi connectivity index (χ4v) is 2.64. The van der Waals surface area contributed by atoms with E-state index in [1.54, 1.807) is 6.92 Å². The lowest BCUT2D eigenvalue weighted by Gasteiger charge is -2.15. The van der Waals surface area contributed by atoms with Crippen molar-refractivity contribution in [1.82, 2.24) is 10.6 Å². The largest absolute Gasteiger partial charge is 0.482 e. The van der Waals surface area contributed by atoms with Gasteiger partial charge in [-0.15, -0.1) is 0 Å². The van der Waals surface area contributed by atoms with Gasteiger partial charge in [0.2, 0.25) is 5.91 Å². The van der Waals surface area contributed by atoms with Crippen LogP contribution in [0.2, 0.25) is 15.1 Å². The van der Waals surface area contributed by atoms with Crippen LogP contribution in [-0.4, -0.2) is 24.5 Å². The van der Waals surface area contributed by atoms with Gasteiger partial charge in [0.1, 0.15) is 11.8 Å². The van der Waals surface area contributed by atoms with Gasteiger partial charge >= 0.3 is 0 Å². The van der Waals surface area contributed by atoms with Crippen LogP contribution >= 0.6 is 34.8 Å². The van der Waals surface area contributed by atoms with Crippen molar-refractivity contribution in [3.05, 3.63) is 63.1 Å². The van der Waals surface area contributed by atoms with E-state index in [0.717, 1.165) is 5.56 Å². The topological polar surface area (TPSA) is 67.4 Å². The van der Waals surface area contributed by atoms with Crippen LogP contribution in [0.4, 0.5) is 0 Å². The number of hydrogen-bond donors (Lipinski definition) is 2. The summed E-state index contributed by atoms with van der Waals surface area (Å²) in [5.74, 6) is -0.526. The van der Waals surface area contributed by atoms with Crippen molar-refractivity contribution in [1.29, 1.82) is 0 Å². The van der Waals surface area contributed by atoms with Gasteiger partial charge in [-0.05, 0) is 18.6 Å². The Bertz CT molecular complexity index is 785. The van der Waals surface area contributed by atoms with Crippen molar-refractivity contribution in [2.45, 2.75) is 19.5 Å². The second-order valence-electron chi connectivity index (χ2n) is 5.48. The smallest absolute Gasteiger partial charge is 0.258 e. The third kappa shape index (κ3) is 6.09. The third-order valence-electron chi connectivity index (χ3n) is 3.41. The number of ether oxygens (including phenoxy) is 1. The third-order valence-corrected chi connectivity index (χ3v) is 4.43. The molecule has 5 nitrogen and oxygen atoms in total. The molecule has 0 spiro atoms. The molecule has 0 radical (unpaired) electrons. The molecule has 138 valence electrons. The van der Waals surface area contributed by atoms with Crippen LogP contribution in [0, 0.1) is 0 Å². The molecule has 1 unspecified atom stereocenters. The highest BCUT2D eigenvalue weighted by atomic mass is 35.5. The maximum atomic E-state index is 12.0. The Kier molecular flexibility index (Phi) is 7.57. The number of halogens is 3. The number of benzene rings is 2. The van der Waals surface area contributed by atoms with Crippen LogP contribution in [0.5, 0.6) is 5.75 Å². The molecule has 0 aliphatic heterocycles. The van der Waals surface area contributed by atoms with Gasteiger partial charge in [0.05, 0.1) is 15.1 Å². The second kappa shape index (κ2) is 9.67. The molecule has 0 saturated heterocycles. The molecular formula is C18H17Cl3N2O3. The Balaban J connectivity index is 1.79. The highest BCUT2D eigenvalue weighted by molar-refractivity contribution is 6.43. The molecule has 0 saturated carbocycles. The molecule has 0 bridgehead atoms. The van der Waals surface area contributed by atoms with Crippen molar-refractivity contribution in [2.24, 2.45) is 0 Å². The summed E-state index contributed by atoms with van der Waals surface area (Å²) in [5, 5.41) is 6.10. The van der Waals surface area contributed by atoms with E-state index in [1.165, 1.54) is 12.1 Å². The van der Waals surface area contributed by atoms with E-state index in [-0.39, 0.29) is 33.3 Å². The van der Waals surface area contributed by atoms with Gasteiger partial charge < -0.3 is 15.4 Å². The molecule has 2 aromatic carbocycles. The standard InChI is InChI=1S/C18H17Cl3N2O3/c1-11(18(25)22-9-12-5-3-2-4-6-12)23-17(24)10-26-16-8-14(20)13(19)7-15(16)21/h2-8,11H,9-10H2,1H3,(H,22,25)(H,23,24). The first-order valence-electron chi connectivity index (χ1n) is 7.75. The van der Waals surface area contributed by atoms with E-state index in [2.05, 4.69) is 10.6 Å². The Labute approximate surface area is 166 Å². The number of carbonyl (C=O) groups excluding carboxylic acids is 2. The summed E-state index contributed by atoms with van der Waals surface area (Å²) in [6, 6.07) is 11.6. The molecule has 2 aromatic rings. The summed E-state index contributed by atoms with van der Waals surface area (Å²) in [5.41, 5.74) is 0.969. The molecular weight excluding hydrogens is 399 g/mol. The van der Waals surface area contributed by atoms with Crippen molar-refractivity contribution in [3.63, 3.8) is 0 Å². The van der Waals surface area contributed by atoms with Gasteiger partial charge in [-0.3, -0.25) is 9.59 Å². The Hall–Kier alpha value is -1.95. The van der Waals surface area contributed by atoms with Gasteiger partial charge in [0, 0.05) is 12.6 Å². The molecule has 2 rings (SSSR count). The zero-order chi connectivity index (χ0) is 19.1. The molecule has 2 amide bonds. The Morgan fingerprint density at radius 3 is 2.38 bits per heavy atom. The molecule has 0 aliphatic rings. The van der Waals surface area contributed by atoms with E-state index in [9.17, 15) is 9.59 Å². The molecule has 2 N–H and O–H groups in total. The van der Waals surface area contributed by atoms with Crippen LogP contribution in [0.15, 0.2) is 42.5 Å². The number of nitrogens with one attached hydrogen (secondary N) is 2. The highest BCUT2D eigenvalue weighted by Crippen LogP contribution is 2.33. The van der Waals surface area contributed by atoms with Crippen molar-refractivity contribution >= 4 is 46.6 Å². The zero-order valence-corrected chi connectivity index (χ0v) is 16.2. The van der Waals surface area contributed by atoms with E-state index < -0.39 is 11.9 Å². The van der Waals surface area contributed by atoms with Crippen molar-refractivity contribution in [3.8, 4) is 5.75 Å². The van der Waals surface area contributed by atoms with Gasteiger partial charge in [0.15, 0.2) is 6.61 Å². The first-order chi connectivity index (χ1) is 12.4. The van der Waals surface area contributed by atoms with E-state index >= 15 is 0 Å². The minimum absolute atomic E-state index is 0.234. The quantitative estimate of drug-likeness (QED) is 0.675. The van der Waals surface area contributed by atoms with Gasteiger partial charge in [-0.1, -0.05) is 65.1 Å². The highest BCUT2D eigenvalue weighted by Gasteiger charge is 2.16. The van der Waals surface area contributed by atoms with Crippen LogP contribution in [0.1, 0.15) is 12.5 Å². The average Bonchev–Trinajstić information content (AvgIpc) is 2.62. The molecule has 0 aliphatic carbocycles. The number of rotatable bonds is 7. The summed E-state index contributed by atoms with van der Waals surface area (Å²) < 4.78 is 5.33. The van der Waals surface area contributed by atoms with Gasteiger partial charge in [0.25, 0.3) is 5.91 Å². The summed E-state index contributed by atoms with van der Waals surface area (Å²) in [7, 11) is 0. The second-order valence-corrected chi connectivity index (χ2v) is 6.70. The van der Waals surface area contributed by atoms with Gasteiger partial charge in [-0.2, -0.15) is 0 Å². The summed E-state index contributed by atoms with van der Waals surface area (Å²) >= 11 is 17.7. The van der Waals surface area contributed by atoms with Crippen LogP contribution in [0.25, 0.3) is 0 Å². The number of carbonyl (C=O) groups is 2. The minimum Gasteiger partial charge on any atom is -0.482 e. The fourth-order valence-electron chi connectivity index (χ4n) is 2.05. The minimum atomic E-state index is -0.709. The lowest BCUT2D eigenvalue weighted by molar-refractivity contribution is -0.129.